The molecule has 6 heteroatoms. The first-order valence-electron chi connectivity index (χ1n) is 19.3. The molecule has 8 aromatic carbocycles. The maximum atomic E-state index is 9.95. The van der Waals surface area contributed by atoms with Gasteiger partial charge in [-0.15, -0.1) is 0 Å². The molecule has 0 radical (unpaired) electrons. The Labute approximate surface area is 334 Å². The van der Waals surface area contributed by atoms with Gasteiger partial charge in [0, 0.05) is 49.6 Å². The zero-order valence-electron chi connectivity index (χ0n) is 31.2. The van der Waals surface area contributed by atoms with Crippen molar-refractivity contribution < 1.29 is 0 Å². The van der Waals surface area contributed by atoms with Gasteiger partial charge < -0.3 is 9.13 Å². The topological polar surface area (TPSA) is 72.3 Å². The zero-order valence-corrected chi connectivity index (χ0v) is 31.2. The molecule has 0 aliphatic rings. The van der Waals surface area contributed by atoms with Crippen LogP contribution in [0.25, 0.3) is 100 Å². The summed E-state index contributed by atoms with van der Waals surface area (Å²) in [5, 5.41) is 14.6. The number of benzene rings is 8. The maximum Gasteiger partial charge on any atom is 0.164 e. The predicted molar refractivity (Wildman–Crippen MR) is 235 cm³/mol. The minimum atomic E-state index is 0.599. The lowest BCUT2D eigenvalue weighted by atomic mass is 10.0. The summed E-state index contributed by atoms with van der Waals surface area (Å²) < 4.78 is 4.59. The molecular weight excluding hydrogens is 709 g/mol. The summed E-state index contributed by atoms with van der Waals surface area (Å²) in [6.07, 6.45) is 0. The summed E-state index contributed by atoms with van der Waals surface area (Å²) in [7, 11) is 0. The van der Waals surface area contributed by atoms with E-state index in [-0.39, 0.29) is 0 Å². The fraction of sp³-hybridized carbons (Fsp3) is 0. The van der Waals surface area contributed by atoms with Gasteiger partial charge in [0.25, 0.3) is 0 Å². The van der Waals surface area contributed by atoms with Gasteiger partial charge in [0.15, 0.2) is 17.5 Å². The molecular formula is C52H32N6. The number of nitriles is 1. The lowest BCUT2D eigenvalue weighted by Gasteiger charge is -2.11. The van der Waals surface area contributed by atoms with Crippen molar-refractivity contribution in [1.29, 1.82) is 5.26 Å². The second-order valence-electron chi connectivity index (χ2n) is 14.4. The van der Waals surface area contributed by atoms with Crippen LogP contribution in [-0.4, -0.2) is 24.1 Å². The van der Waals surface area contributed by atoms with Crippen molar-refractivity contribution >= 4 is 43.6 Å². The lowest BCUT2D eigenvalue weighted by molar-refractivity contribution is 1.07. The number of fused-ring (bicyclic) bond motifs is 6. The fourth-order valence-electron chi connectivity index (χ4n) is 8.25. The molecule has 6 nitrogen and oxygen atoms in total. The molecule has 0 fully saturated rings. The lowest BCUT2D eigenvalue weighted by Crippen LogP contribution is -2.00. The van der Waals surface area contributed by atoms with Gasteiger partial charge in [-0.05, 0) is 90.0 Å². The van der Waals surface area contributed by atoms with Crippen LogP contribution in [-0.2, 0) is 0 Å². The number of rotatable bonds is 6. The third-order valence-corrected chi connectivity index (χ3v) is 11.0. The Morgan fingerprint density at radius 2 is 0.759 bits per heavy atom. The number of aromatic nitrogens is 5. The minimum absolute atomic E-state index is 0.599. The van der Waals surface area contributed by atoms with Gasteiger partial charge in [-0.3, -0.25) is 0 Å². The van der Waals surface area contributed by atoms with E-state index in [2.05, 4.69) is 137 Å². The van der Waals surface area contributed by atoms with Crippen molar-refractivity contribution in [2.75, 3.05) is 0 Å². The molecule has 3 aromatic heterocycles. The highest BCUT2D eigenvalue weighted by Crippen LogP contribution is 2.39. The molecule has 0 bridgehead atoms. The first-order chi connectivity index (χ1) is 28.7. The number of para-hydroxylation sites is 2. The molecule has 0 unspecified atom stereocenters. The third-order valence-electron chi connectivity index (χ3n) is 11.0. The van der Waals surface area contributed by atoms with Gasteiger partial charge in [0.2, 0.25) is 0 Å². The second-order valence-corrected chi connectivity index (χ2v) is 14.4. The highest BCUT2D eigenvalue weighted by atomic mass is 15.0. The first-order valence-corrected chi connectivity index (χ1v) is 19.3. The van der Waals surface area contributed by atoms with E-state index < -0.39 is 0 Å². The SMILES string of the molecule is N#Cc1ccc2c3cc(-c4ccc5c(c4)c4ccccc4n5-c4ccccc4)ccc3n(-c3ccc(-c4nc(-c5ccccc5)nc(-c5ccccc5)n4)cc3)c2c1. The van der Waals surface area contributed by atoms with E-state index in [9.17, 15) is 5.26 Å². The van der Waals surface area contributed by atoms with E-state index in [1.165, 1.54) is 21.8 Å². The number of nitrogens with zero attached hydrogens (tertiary/aromatic N) is 6. The number of hydrogen-bond acceptors (Lipinski definition) is 4. The highest BCUT2D eigenvalue weighted by molar-refractivity contribution is 6.13. The van der Waals surface area contributed by atoms with Crippen LogP contribution < -0.4 is 0 Å². The van der Waals surface area contributed by atoms with Crippen molar-refractivity contribution in [3.05, 3.63) is 200 Å². The molecule has 0 saturated heterocycles. The van der Waals surface area contributed by atoms with E-state index >= 15 is 0 Å². The normalized spacial score (nSPS) is 11.4. The quantitative estimate of drug-likeness (QED) is 0.170. The van der Waals surface area contributed by atoms with Crippen LogP contribution in [0, 0.1) is 11.3 Å². The molecule has 270 valence electrons. The Hall–Kier alpha value is -8.14. The minimum Gasteiger partial charge on any atom is -0.309 e. The Bertz CT molecular complexity index is 3320. The van der Waals surface area contributed by atoms with E-state index in [4.69, 9.17) is 15.0 Å². The van der Waals surface area contributed by atoms with Gasteiger partial charge in [-0.25, -0.2) is 15.0 Å². The van der Waals surface area contributed by atoms with E-state index in [0.717, 1.165) is 61.0 Å². The molecule has 0 amide bonds. The van der Waals surface area contributed by atoms with Crippen LogP contribution >= 0.6 is 0 Å². The Morgan fingerprint density at radius 3 is 1.33 bits per heavy atom. The molecule has 3 heterocycles. The number of hydrogen-bond donors (Lipinski definition) is 0. The summed E-state index contributed by atoms with van der Waals surface area (Å²) in [5.74, 6) is 1.84. The predicted octanol–water partition coefficient (Wildman–Crippen LogP) is 12.6. The van der Waals surface area contributed by atoms with Crippen LogP contribution in [0.4, 0.5) is 0 Å². The molecule has 0 aliphatic heterocycles. The summed E-state index contributed by atoms with van der Waals surface area (Å²) in [4.78, 5) is 14.7. The average Bonchev–Trinajstić information content (AvgIpc) is 3.81. The van der Waals surface area contributed by atoms with E-state index in [0.29, 0.717) is 23.0 Å². The van der Waals surface area contributed by atoms with Crippen molar-refractivity contribution in [3.8, 4) is 62.7 Å². The van der Waals surface area contributed by atoms with E-state index in [1.54, 1.807) is 0 Å². The fourth-order valence-corrected chi connectivity index (χ4v) is 8.25. The standard InChI is InChI=1S/C52H32N6/c53-33-34-20-27-43-45-32-39(38-23-28-47-44(31-38)42-18-10-11-19-46(42)57(47)40-16-8-3-9-17-40)24-29-48(45)58(49(43)30-34)41-25-21-37(22-26-41)52-55-50(35-12-4-1-5-13-35)54-51(56-52)36-14-6-2-7-15-36/h1-32H. The zero-order chi connectivity index (χ0) is 38.6. The van der Waals surface area contributed by atoms with Crippen LogP contribution in [0.2, 0.25) is 0 Å². The Kier molecular flexibility index (Phi) is 7.76. The first kappa shape index (κ1) is 33.2. The molecule has 0 spiro atoms. The summed E-state index contributed by atoms with van der Waals surface area (Å²) in [6, 6.07) is 69.3. The van der Waals surface area contributed by atoms with Crippen molar-refractivity contribution in [1.82, 2.24) is 24.1 Å². The van der Waals surface area contributed by atoms with Crippen LogP contribution in [0.15, 0.2) is 194 Å². The van der Waals surface area contributed by atoms with Gasteiger partial charge in [-0.1, -0.05) is 115 Å². The second kappa shape index (κ2) is 13.6. The van der Waals surface area contributed by atoms with Gasteiger partial charge in [-0.2, -0.15) is 5.26 Å². The van der Waals surface area contributed by atoms with Gasteiger partial charge >= 0.3 is 0 Å². The van der Waals surface area contributed by atoms with Crippen LogP contribution in [0.1, 0.15) is 5.56 Å². The van der Waals surface area contributed by atoms with E-state index in [1.807, 2.05) is 72.8 Å². The highest BCUT2D eigenvalue weighted by Gasteiger charge is 2.18. The monoisotopic (exact) mass is 740 g/mol. The molecule has 11 aromatic rings. The largest absolute Gasteiger partial charge is 0.309 e. The molecule has 0 atom stereocenters. The van der Waals surface area contributed by atoms with Gasteiger partial charge in [0.05, 0.1) is 33.7 Å². The molecule has 58 heavy (non-hydrogen) atoms. The average molecular weight is 741 g/mol. The van der Waals surface area contributed by atoms with Crippen LogP contribution in [0.5, 0.6) is 0 Å². The maximum absolute atomic E-state index is 9.95. The summed E-state index contributed by atoms with van der Waals surface area (Å²) in [5.41, 5.74) is 12.1. The van der Waals surface area contributed by atoms with Crippen molar-refractivity contribution in [2.24, 2.45) is 0 Å². The molecule has 0 saturated carbocycles. The van der Waals surface area contributed by atoms with Crippen molar-refractivity contribution in [2.45, 2.75) is 0 Å². The molecule has 0 aliphatic carbocycles. The van der Waals surface area contributed by atoms with Crippen LogP contribution in [0.3, 0.4) is 0 Å². The summed E-state index contributed by atoms with van der Waals surface area (Å²) in [6.45, 7) is 0. The smallest absolute Gasteiger partial charge is 0.164 e. The molecule has 0 N–H and O–H groups in total. The Morgan fingerprint density at radius 1 is 0.328 bits per heavy atom. The van der Waals surface area contributed by atoms with Crippen molar-refractivity contribution in [3.63, 3.8) is 0 Å². The third kappa shape index (κ3) is 5.53. The van der Waals surface area contributed by atoms with Gasteiger partial charge in [0.1, 0.15) is 0 Å². The summed E-state index contributed by atoms with van der Waals surface area (Å²) >= 11 is 0. The Balaban J connectivity index is 1.03. The molecule has 11 rings (SSSR count).